The number of benzene rings is 6. The van der Waals surface area contributed by atoms with Gasteiger partial charge in [0.1, 0.15) is 11.5 Å². The van der Waals surface area contributed by atoms with Crippen LogP contribution in [0, 0.1) is 13.8 Å². The lowest BCUT2D eigenvalue weighted by Crippen LogP contribution is -2.35. The molecule has 68 heavy (non-hydrogen) atoms. The maximum absolute atomic E-state index is 13.7. The first-order chi connectivity index (χ1) is 32.1. The molecule has 350 valence electrons. The van der Waals surface area contributed by atoms with Gasteiger partial charge in [0.2, 0.25) is 0 Å². The number of carbonyl (C=O) groups excluding carboxylic acids is 2. The van der Waals surface area contributed by atoms with Gasteiger partial charge in [-0.15, -0.1) is 10.2 Å². The van der Waals surface area contributed by atoms with Crippen LogP contribution in [0.5, 0.6) is 34.5 Å². The minimum absolute atomic E-state index is 0.000821. The van der Waals surface area contributed by atoms with Gasteiger partial charge in [-0.3, -0.25) is 9.59 Å². The number of fused-ring (bicyclic) bond motifs is 4. The summed E-state index contributed by atoms with van der Waals surface area (Å²) in [5, 5.41) is 90.3. The fourth-order valence-corrected chi connectivity index (χ4v) is 9.97. The monoisotopic (exact) mass is 956 g/mol. The third kappa shape index (κ3) is 7.42. The Kier molecular flexibility index (Phi) is 12.2. The van der Waals surface area contributed by atoms with Crippen LogP contribution in [-0.2, 0) is 9.59 Å². The van der Waals surface area contributed by atoms with Crippen LogP contribution in [0.25, 0.3) is 32.7 Å². The van der Waals surface area contributed by atoms with Crippen molar-refractivity contribution >= 4 is 91.8 Å². The van der Waals surface area contributed by atoms with E-state index >= 15 is 0 Å². The summed E-state index contributed by atoms with van der Waals surface area (Å²) in [6.45, 7) is 18.2. The molecule has 0 bridgehead atoms. The van der Waals surface area contributed by atoms with Gasteiger partial charge >= 0.3 is 0 Å². The zero-order chi connectivity index (χ0) is 49.5. The Morgan fingerprint density at radius 2 is 0.868 bits per heavy atom. The summed E-state index contributed by atoms with van der Waals surface area (Å²) < 4.78 is 0. The second-order valence-corrected chi connectivity index (χ2v) is 19.2. The Hall–Kier alpha value is -7.16. The number of aryl methyl sites for hydroxylation is 2. The van der Waals surface area contributed by atoms with E-state index in [9.17, 15) is 40.2 Å². The van der Waals surface area contributed by atoms with E-state index in [-0.39, 0.29) is 68.4 Å². The molecule has 2 aliphatic heterocycles. The number of carbonyl (C=O) groups is 2. The first-order valence-corrected chi connectivity index (χ1v) is 22.8. The maximum atomic E-state index is 13.7. The predicted molar refractivity (Wildman–Crippen MR) is 271 cm³/mol. The highest BCUT2D eigenvalue weighted by Crippen LogP contribution is 2.54. The van der Waals surface area contributed by atoms with Crippen LogP contribution in [0.1, 0.15) is 112 Å². The van der Waals surface area contributed by atoms with E-state index in [1.165, 1.54) is 0 Å². The third-order valence-electron chi connectivity index (χ3n) is 12.5. The number of hydrogen-bond acceptors (Lipinski definition) is 12. The topological polar surface area (TPSA) is 211 Å². The average molecular weight is 958 g/mol. The van der Waals surface area contributed by atoms with Crippen LogP contribution >= 0.6 is 23.2 Å². The van der Waals surface area contributed by atoms with E-state index < -0.39 is 46.3 Å². The quantitative estimate of drug-likeness (QED) is 0.0465. The molecule has 0 saturated carbocycles. The summed E-state index contributed by atoms with van der Waals surface area (Å²) in [5.74, 6) is -4.44. The van der Waals surface area contributed by atoms with Crippen molar-refractivity contribution in [2.24, 2.45) is 20.4 Å². The molecule has 8 rings (SSSR count). The average Bonchev–Trinajstić information content (AvgIpc) is 3.69. The Bertz CT molecular complexity index is 3100. The van der Waals surface area contributed by atoms with Crippen LogP contribution < -0.4 is 9.80 Å². The summed E-state index contributed by atoms with van der Waals surface area (Å²) in [4.78, 5) is 30.5. The second kappa shape index (κ2) is 17.5. The molecule has 0 atom stereocenters. The van der Waals surface area contributed by atoms with Gasteiger partial charge in [0, 0.05) is 66.3 Å². The standard InChI is InChI=1S/C52H50Cl2N6O8/c1-21(2)37-31-15-25(9)39(47(63)41(31)33(45(61)49(37)65)19-55-57-43-29-17-27(53)11-13-35(29)59(23(5)6)51(43)67)40-26(10)16-32-38(22(3)4)50(66)46(62)34(42(32)48(40)64)20-56-58-44-30-18-28(54)12-14-36(30)60(24(7)8)52(44)68/h11-24,61-66H,1-10H3/b55-19+,56-20+,57-43-,58-44+. The predicted octanol–water partition coefficient (Wildman–Crippen LogP) is 11.2. The number of hydrogen-bond donors (Lipinski definition) is 6. The lowest BCUT2D eigenvalue weighted by molar-refractivity contribution is -0.113. The summed E-state index contributed by atoms with van der Waals surface area (Å²) in [6.07, 6.45) is 2.28. The highest BCUT2D eigenvalue weighted by molar-refractivity contribution is 6.55. The Morgan fingerprint density at radius 1 is 0.515 bits per heavy atom. The first kappa shape index (κ1) is 47.3. The normalized spacial score (nSPS) is 15.3. The van der Waals surface area contributed by atoms with E-state index in [0.29, 0.717) is 65.6 Å². The van der Waals surface area contributed by atoms with E-state index in [1.807, 2.05) is 55.4 Å². The van der Waals surface area contributed by atoms with Gasteiger partial charge in [0.15, 0.2) is 34.4 Å². The van der Waals surface area contributed by atoms with Crippen molar-refractivity contribution in [1.29, 1.82) is 0 Å². The van der Waals surface area contributed by atoms with Crippen molar-refractivity contribution in [3.8, 4) is 45.6 Å². The molecule has 16 heteroatoms. The summed E-state index contributed by atoms with van der Waals surface area (Å²) in [7, 11) is 0. The van der Waals surface area contributed by atoms with Crippen LogP contribution in [-0.4, -0.2) is 78.4 Å². The number of amides is 2. The van der Waals surface area contributed by atoms with Crippen LogP contribution in [0.3, 0.4) is 0 Å². The molecule has 0 spiro atoms. The van der Waals surface area contributed by atoms with Crippen LogP contribution in [0.4, 0.5) is 11.4 Å². The molecule has 0 radical (unpaired) electrons. The molecule has 0 saturated heterocycles. The molecule has 0 aromatic heterocycles. The van der Waals surface area contributed by atoms with Gasteiger partial charge < -0.3 is 40.4 Å². The number of halogens is 2. The molecule has 6 N–H and O–H groups in total. The van der Waals surface area contributed by atoms with Crippen molar-refractivity contribution in [1.82, 2.24) is 0 Å². The Morgan fingerprint density at radius 3 is 1.19 bits per heavy atom. The van der Waals surface area contributed by atoms with Gasteiger partial charge in [-0.1, -0.05) is 63.0 Å². The number of nitrogens with zero attached hydrogens (tertiary/aromatic N) is 6. The van der Waals surface area contributed by atoms with E-state index in [1.54, 1.807) is 72.2 Å². The molecule has 14 nitrogen and oxygen atoms in total. The SMILES string of the molecule is Cc1cc2c(C(C)C)c(O)c(O)c(/C=N/N=C3\C(=O)N(C(C)C)c4ccc(Cl)cc43)c2c(O)c1-c1c(C)cc2c(C(C)C)c(O)c(O)c(/C=N/N=C3/C(=O)N(C(C)C)c4ccc(Cl)cc43)c2c1O. The van der Waals surface area contributed by atoms with Gasteiger partial charge in [0.05, 0.1) is 34.9 Å². The Balaban J connectivity index is 1.36. The Labute approximate surface area is 402 Å². The molecular weight excluding hydrogens is 908 g/mol. The van der Waals surface area contributed by atoms with Crippen molar-refractivity contribution < 1.29 is 40.2 Å². The minimum atomic E-state index is -0.607. The third-order valence-corrected chi connectivity index (χ3v) is 13.0. The zero-order valence-electron chi connectivity index (χ0n) is 39.0. The van der Waals surface area contributed by atoms with Gasteiger partial charge in [-0.05, 0) is 112 Å². The summed E-state index contributed by atoms with van der Waals surface area (Å²) in [5.41, 5.74) is 3.72. The van der Waals surface area contributed by atoms with Crippen molar-refractivity contribution in [2.75, 3.05) is 9.80 Å². The van der Waals surface area contributed by atoms with Crippen LogP contribution in [0.15, 0.2) is 68.9 Å². The molecular formula is C52H50Cl2N6O8. The number of phenols is 6. The fourth-order valence-electron chi connectivity index (χ4n) is 9.62. The highest BCUT2D eigenvalue weighted by Gasteiger charge is 2.38. The molecule has 6 aromatic carbocycles. The van der Waals surface area contributed by atoms with E-state index in [2.05, 4.69) is 20.4 Å². The smallest absolute Gasteiger partial charge is 0.279 e. The van der Waals surface area contributed by atoms with Gasteiger partial charge in [0.25, 0.3) is 11.8 Å². The molecule has 0 fully saturated rings. The van der Waals surface area contributed by atoms with Gasteiger partial charge in [-0.25, -0.2) is 0 Å². The lowest BCUT2D eigenvalue weighted by Gasteiger charge is -2.23. The van der Waals surface area contributed by atoms with Crippen molar-refractivity contribution in [3.05, 3.63) is 103 Å². The summed E-state index contributed by atoms with van der Waals surface area (Å²) in [6, 6.07) is 13.0. The number of rotatable bonds is 9. The molecule has 6 aromatic rings. The number of phenolic OH excluding ortho intramolecular Hbond substituents is 6. The molecule has 2 heterocycles. The lowest BCUT2D eigenvalue weighted by atomic mass is 9.83. The van der Waals surface area contributed by atoms with E-state index in [4.69, 9.17) is 23.2 Å². The van der Waals surface area contributed by atoms with Crippen molar-refractivity contribution in [3.63, 3.8) is 0 Å². The molecule has 0 unspecified atom stereocenters. The summed E-state index contributed by atoms with van der Waals surface area (Å²) >= 11 is 12.7. The number of aromatic hydroxyl groups is 6. The fraction of sp³-hybridized carbons (Fsp3) is 0.269. The van der Waals surface area contributed by atoms with Gasteiger partial charge in [-0.2, -0.15) is 10.2 Å². The largest absolute Gasteiger partial charge is 0.507 e. The maximum Gasteiger partial charge on any atom is 0.279 e. The van der Waals surface area contributed by atoms with Crippen LogP contribution in [0.2, 0.25) is 10.0 Å². The van der Waals surface area contributed by atoms with E-state index in [0.717, 1.165) is 12.4 Å². The number of anilines is 2. The minimum Gasteiger partial charge on any atom is -0.507 e. The second-order valence-electron chi connectivity index (χ2n) is 18.3. The first-order valence-electron chi connectivity index (χ1n) is 22.1. The molecule has 0 aliphatic carbocycles. The van der Waals surface area contributed by atoms with Crippen molar-refractivity contribution in [2.45, 2.75) is 93.2 Å². The zero-order valence-corrected chi connectivity index (χ0v) is 40.5. The highest BCUT2D eigenvalue weighted by atomic mass is 35.5. The molecule has 2 amide bonds. The molecule has 2 aliphatic rings.